The van der Waals surface area contributed by atoms with Gasteiger partial charge >= 0.3 is 0 Å². The number of ether oxygens (including phenoxy) is 1. The van der Waals surface area contributed by atoms with E-state index in [1.165, 1.54) is 5.56 Å². The number of aromatic nitrogens is 2. The van der Waals surface area contributed by atoms with E-state index >= 15 is 0 Å². The Balaban J connectivity index is 1.54. The second kappa shape index (κ2) is 10.4. The van der Waals surface area contributed by atoms with Crippen molar-refractivity contribution in [1.29, 1.82) is 0 Å². The Morgan fingerprint density at radius 3 is 2.59 bits per heavy atom. The highest BCUT2D eigenvalue weighted by Crippen LogP contribution is 2.26. The van der Waals surface area contributed by atoms with Crippen LogP contribution in [-0.2, 0) is 11.2 Å². The lowest BCUT2D eigenvalue weighted by Gasteiger charge is -2.41. The summed E-state index contributed by atoms with van der Waals surface area (Å²) in [6.45, 7) is 6.19. The van der Waals surface area contributed by atoms with E-state index in [0.717, 1.165) is 63.8 Å². The molecule has 0 spiro atoms. The van der Waals surface area contributed by atoms with Crippen molar-refractivity contribution in [3.05, 3.63) is 48.3 Å². The predicted octanol–water partition coefficient (Wildman–Crippen LogP) is 2.08. The van der Waals surface area contributed by atoms with Crippen LogP contribution in [0.4, 0.5) is 0 Å². The lowest BCUT2D eigenvalue weighted by molar-refractivity contribution is -0.00254. The Morgan fingerprint density at radius 1 is 1.21 bits per heavy atom. The molecule has 2 heterocycles. The van der Waals surface area contributed by atoms with E-state index in [9.17, 15) is 0 Å². The van der Waals surface area contributed by atoms with Crippen LogP contribution in [-0.4, -0.2) is 73.1 Å². The molecule has 1 aliphatic heterocycles. The molecule has 1 fully saturated rings. The van der Waals surface area contributed by atoms with Gasteiger partial charge in [-0.2, -0.15) is 5.10 Å². The SMILES string of the molecule is CCNC(=NCC1(N(C)C)CCOCC1)NCCc1ccc(-n2cccn2)cc1. The maximum absolute atomic E-state index is 5.56. The van der Waals surface area contributed by atoms with Gasteiger partial charge in [0.1, 0.15) is 0 Å². The van der Waals surface area contributed by atoms with E-state index in [1.807, 2.05) is 16.9 Å². The summed E-state index contributed by atoms with van der Waals surface area (Å²) in [6, 6.07) is 10.5. The third-order valence-corrected chi connectivity index (χ3v) is 5.66. The summed E-state index contributed by atoms with van der Waals surface area (Å²) < 4.78 is 7.43. The highest BCUT2D eigenvalue weighted by molar-refractivity contribution is 5.79. The van der Waals surface area contributed by atoms with Gasteiger partial charge in [-0.15, -0.1) is 0 Å². The third-order valence-electron chi connectivity index (χ3n) is 5.66. The second-order valence-corrected chi connectivity index (χ2v) is 7.72. The molecule has 1 aromatic heterocycles. The van der Waals surface area contributed by atoms with Crippen molar-refractivity contribution in [2.45, 2.75) is 31.7 Å². The number of aliphatic imine (C=N–C) groups is 1. The van der Waals surface area contributed by atoms with Crippen LogP contribution in [0.15, 0.2) is 47.7 Å². The topological polar surface area (TPSA) is 66.7 Å². The van der Waals surface area contributed by atoms with Crippen molar-refractivity contribution in [2.24, 2.45) is 4.99 Å². The summed E-state index contributed by atoms with van der Waals surface area (Å²) in [6.07, 6.45) is 6.72. The van der Waals surface area contributed by atoms with E-state index < -0.39 is 0 Å². The molecule has 3 rings (SSSR count). The minimum atomic E-state index is 0.0862. The Hall–Kier alpha value is -2.38. The molecular formula is C22H34N6O. The molecule has 29 heavy (non-hydrogen) atoms. The third kappa shape index (κ3) is 5.81. The van der Waals surface area contributed by atoms with Crippen molar-refractivity contribution in [3.63, 3.8) is 0 Å². The Bertz CT molecular complexity index is 748. The summed E-state index contributed by atoms with van der Waals surface area (Å²) in [7, 11) is 4.29. The molecule has 0 aliphatic carbocycles. The zero-order chi connectivity index (χ0) is 20.5. The van der Waals surface area contributed by atoms with Crippen LogP contribution in [0.25, 0.3) is 5.69 Å². The maximum atomic E-state index is 5.56. The van der Waals surface area contributed by atoms with Gasteiger partial charge in [-0.05, 0) is 64.0 Å². The van der Waals surface area contributed by atoms with Gasteiger partial charge < -0.3 is 20.3 Å². The Kier molecular flexibility index (Phi) is 7.66. The first-order valence-electron chi connectivity index (χ1n) is 10.5. The summed E-state index contributed by atoms with van der Waals surface area (Å²) in [5.74, 6) is 0.883. The monoisotopic (exact) mass is 398 g/mol. The van der Waals surface area contributed by atoms with E-state index in [-0.39, 0.29) is 5.54 Å². The van der Waals surface area contributed by atoms with Crippen LogP contribution in [0.3, 0.4) is 0 Å². The number of rotatable bonds is 8. The van der Waals surface area contributed by atoms with Crippen LogP contribution in [0, 0.1) is 0 Å². The number of hydrogen-bond donors (Lipinski definition) is 2. The van der Waals surface area contributed by atoms with Gasteiger partial charge in [0.25, 0.3) is 0 Å². The van der Waals surface area contributed by atoms with Gasteiger partial charge in [0.15, 0.2) is 5.96 Å². The maximum Gasteiger partial charge on any atom is 0.191 e. The van der Waals surface area contributed by atoms with Crippen molar-refractivity contribution in [2.75, 3.05) is 46.9 Å². The fourth-order valence-electron chi connectivity index (χ4n) is 3.63. The van der Waals surface area contributed by atoms with E-state index in [2.05, 4.69) is 65.9 Å². The van der Waals surface area contributed by atoms with E-state index in [0.29, 0.717) is 0 Å². The lowest BCUT2D eigenvalue weighted by Crippen LogP contribution is -2.51. The van der Waals surface area contributed by atoms with Crippen molar-refractivity contribution in [3.8, 4) is 5.69 Å². The van der Waals surface area contributed by atoms with Crippen molar-refractivity contribution < 1.29 is 4.74 Å². The van der Waals surface area contributed by atoms with Crippen molar-refractivity contribution >= 4 is 5.96 Å². The molecule has 0 unspecified atom stereocenters. The number of guanidine groups is 1. The summed E-state index contributed by atoms with van der Waals surface area (Å²) >= 11 is 0. The van der Waals surface area contributed by atoms with Gasteiger partial charge in [0.05, 0.1) is 12.2 Å². The number of nitrogens with zero attached hydrogens (tertiary/aromatic N) is 4. The van der Waals surface area contributed by atoms with Gasteiger partial charge in [0, 0.05) is 44.2 Å². The molecule has 0 amide bonds. The molecular weight excluding hydrogens is 364 g/mol. The molecule has 7 nitrogen and oxygen atoms in total. The quantitative estimate of drug-likeness (QED) is 0.526. The summed E-state index contributed by atoms with van der Waals surface area (Å²) in [5, 5.41) is 11.1. The first-order chi connectivity index (χ1) is 14.1. The van der Waals surface area contributed by atoms with Crippen molar-refractivity contribution in [1.82, 2.24) is 25.3 Å². The average Bonchev–Trinajstić information content (AvgIpc) is 3.28. The molecule has 2 N–H and O–H groups in total. The highest BCUT2D eigenvalue weighted by atomic mass is 16.5. The molecule has 1 saturated heterocycles. The number of hydrogen-bond acceptors (Lipinski definition) is 4. The van der Waals surface area contributed by atoms with Crippen LogP contribution in [0.1, 0.15) is 25.3 Å². The van der Waals surface area contributed by atoms with E-state index in [1.54, 1.807) is 6.20 Å². The molecule has 0 radical (unpaired) electrons. The second-order valence-electron chi connectivity index (χ2n) is 7.72. The number of likely N-dealkylation sites (N-methyl/N-ethyl adjacent to an activating group) is 1. The van der Waals surface area contributed by atoms with Gasteiger partial charge in [-0.3, -0.25) is 4.99 Å². The molecule has 158 valence electrons. The van der Waals surface area contributed by atoms with Gasteiger partial charge in [-0.25, -0.2) is 4.68 Å². The zero-order valence-corrected chi connectivity index (χ0v) is 17.9. The van der Waals surface area contributed by atoms with E-state index in [4.69, 9.17) is 9.73 Å². The lowest BCUT2D eigenvalue weighted by atomic mass is 9.89. The average molecular weight is 399 g/mol. The fraction of sp³-hybridized carbons (Fsp3) is 0.545. The summed E-state index contributed by atoms with van der Waals surface area (Å²) in [5.41, 5.74) is 2.45. The van der Waals surface area contributed by atoms with Crippen LogP contribution in [0.2, 0.25) is 0 Å². The number of benzene rings is 1. The molecule has 1 aliphatic rings. The first-order valence-corrected chi connectivity index (χ1v) is 10.5. The Morgan fingerprint density at radius 2 is 1.97 bits per heavy atom. The minimum absolute atomic E-state index is 0.0862. The largest absolute Gasteiger partial charge is 0.381 e. The molecule has 0 saturated carbocycles. The standard InChI is InChI=1S/C22H34N6O/c1-4-23-21(25-18-22(27(2)3)11-16-29-17-12-22)24-14-10-19-6-8-20(9-7-19)28-15-5-13-26-28/h5-9,13,15H,4,10-12,14,16-18H2,1-3H3,(H2,23,24,25). The van der Waals surface area contributed by atoms with Crippen LogP contribution < -0.4 is 10.6 Å². The minimum Gasteiger partial charge on any atom is -0.381 e. The summed E-state index contributed by atoms with van der Waals surface area (Å²) in [4.78, 5) is 7.20. The van der Waals surface area contributed by atoms with Crippen LogP contribution in [0.5, 0.6) is 0 Å². The van der Waals surface area contributed by atoms with Gasteiger partial charge in [-0.1, -0.05) is 12.1 Å². The molecule has 1 aromatic carbocycles. The number of nitrogens with one attached hydrogen (secondary N) is 2. The normalized spacial score (nSPS) is 16.8. The first kappa shape index (κ1) is 21.3. The highest BCUT2D eigenvalue weighted by Gasteiger charge is 2.34. The fourth-order valence-corrected chi connectivity index (χ4v) is 3.63. The zero-order valence-electron chi connectivity index (χ0n) is 17.9. The molecule has 2 aromatic rings. The molecule has 0 atom stereocenters. The molecule has 7 heteroatoms. The predicted molar refractivity (Wildman–Crippen MR) is 118 cm³/mol. The Labute approximate surface area is 174 Å². The smallest absolute Gasteiger partial charge is 0.191 e. The van der Waals surface area contributed by atoms with Crippen LogP contribution >= 0.6 is 0 Å². The molecule has 0 bridgehead atoms. The van der Waals surface area contributed by atoms with Gasteiger partial charge in [0.2, 0.25) is 0 Å².